The van der Waals surface area contributed by atoms with Crippen LogP contribution in [-0.4, -0.2) is 25.0 Å². The van der Waals surface area contributed by atoms with Crippen LogP contribution in [0.25, 0.3) is 0 Å². The van der Waals surface area contributed by atoms with Gasteiger partial charge < -0.3 is 9.47 Å². The number of hydrogen-bond donors (Lipinski definition) is 2. The third kappa shape index (κ3) is 8.03. The van der Waals surface area contributed by atoms with E-state index in [9.17, 15) is 9.59 Å². The molecule has 0 bridgehead atoms. The van der Waals surface area contributed by atoms with Crippen LogP contribution in [-0.2, 0) is 20.4 Å². The van der Waals surface area contributed by atoms with Gasteiger partial charge in [0.25, 0.3) is 11.8 Å². The Morgan fingerprint density at radius 1 is 0.848 bits per heavy atom. The van der Waals surface area contributed by atoms with Gasteiger partial charge in [0.15, 0.2) is 13.2 Å². The maximum Gasteiger partial charge on any atom is 0.276 e. The molecule has 0 saturated heterocycles. The van der Waals surface area contributed by atoms with Crippen molar-refractivity contribution in [2.75, 3.05) is 13.2 Å². The van der Waals surface area contributed by atoms with Crippen molar-refractivity contribution in [1.29, 1.82) is 0 Å². The zero-order valence-electron chi connectivity index (χ0n) is 20.2. The van der Waals surface area contributed by atoms with Gasteiger partial charge in [-0.25, -0.2) is 0 Å². The second kappa shape index (κ2) is 10.9. The van der Waals surface area contributed by atoms with Gasteiger partial charge in [0.1, 0.15) is 11.5 Å². The number of halogens is 2. The van der Waals surface area contributed by atoms with E-state index in [0.29, 0.717) is 11.5 Å². The molecule has 0 radical (unpaired) electrons. The predicted molar refractivity (Wildman–Crippen MR) is 138 cm³/mol. The minimum atomic E-state index is -0.484. The van der Waals surface area contributed by atoms with Crippen LogP contribution in [0.15, 0.2) is 39.3 Å². The molecule has 2 aromatic rings. The highest BCUT2D eigenvalue weighted by Crippen LogP contribution is 2.35. The molecule has 0 atom stereocenters. The van der Waals surface area contributed by atoms with Crippen LogP contribution in [0.2, 0.25) is 0 Å². The first kappa shape index (κ1) is 27.2. The molecule has 0 heterocycles. The van der Waals surface area contributed by atoms with Gasteiger partial charge in [0.05, 0.1) is 4.47 Å². The number of carbonyl (C=O) groups excluding carboxylic acids is 2. The zero-order valence-corrected chi connectivity index (χ0v) is 23.4. The summed E-state index contributed by atoms with van der Waals surface area (Å²) >= 11 is 6.82. The molecule has 6 nitrogen and oxygen atoms in total. The maximum atomic E-state index is 12.2. The average molecular weight is 584 g/mol. The zero-order chi connectivity index (χ0) is 25.0. The molecule has 180 valence electrons. The molecule has 0 aliphatic carbocycles. The third-order valence-electron chi connectivity index (χ3n) is 4.90. The van der Waals surface area contributed by atoms with Gasteiger partial charge in [0.2, 0.25) is 0 Å². The summed E-state index contributed by atoms with van der Waals surface area (Å²) in [4.78, 5) is 24.3. The minimum absolute atomic E-state index is 0.00658. The summed E-state index contributed by atoms with van der Waals surface area (Å²) in [6.45, 7) is 14.2. The summed E-state index contributed by atoms with van der Waals surface area (Å²) in [5.41, 5.74) is 7.65. The quantitative estimate of drug-likeness (QED) is 0.426. The van der Waals surface area contributed by atoms with Crippen LogP contribution in [0.5, 0.6) is 11.5 Å². The normalized spacial score (nSPS) is 11.7. The SMILES string of the molecule is Cc1cc(Br)cc(Br)c1OCC(=O)NNC(=O)COc1ccc(C(C)(C)C)cc1C(C)(C)C. The number of aryl methyl sites for hydroxylation is 1. The number of hydrazine groups is 1. The van der Waals surface area contributed by atoms with Crippen molar-refractivity contribution < 1.29 is 19.1 Å². The fraction of sp³-hybridized carbons (Fsp3) is 0.440. The number of rotatable bonds is 6. The summed E-state index contributed by atoms with van der Waals surface area (Å²) in [6.07, 6.45) is 0. The topological polar surface area (TPSA) is 76.7 Å². The second-order valence-corrected chi connectivity index (χ2v) is 11.7. The summed E-state index contributed by atoms with van der Waals surface area (Å²) < 4.78 is 13.0. The molecule has 0 spiro atoms. The first-order chi connectivity index (χ1) is 15.2. The molecule has 2 amide bonds. The standard InChI is InChI=1S/C25H32Br2N2O4/c1-15-10-17(26)12-19(27)23(15)33-14-22(31)29-28-21(30)13-32-20-9-8-16(24(2,3)4)11-18(20)25(5,6)7/h8-12H,13-14H2,1-7H3,(H,28,30)(H,29,31). The Kier molecular flexibility index (Phi) is 8.99. The summed E-state index contributed by atoms with van der Waals surface area (Å²) in [5.74, 6) is 0.263. The molecule has 0 unspecified atom stereocenters. The summed E-state index contributed by atoms with van der Waals surface area (Å²) in [7, 11) is 0. The molecule has 0 aliphatic rings. The lowest BCUT2D eigenvalue weighted by Gasteiger charge is -2.27. The summed E-state index contributed by atoms with van der Waals surface area (Å²) in [6, 6.07) is 9.77. The Hall–Kier alpha value is -2.06. The Labute approximate surface area is 213 Å². The van der Waals surface area contributed by atoms with Crippen molar-refractivity contribution in [3.63, 3.8) is 0 Å². The number of amides is 2. The van der Waals surface area contributed by atoms with Crippen molar-refractivity contribution in [3.8, 4) is 11.5 Å². The second-order valence-electron chi connectivity index (χ2n) is 9.92. The van der Waals surface area contributed by atoms with E-state index in [1.807, 2.05) is 31.2 Å². The highest BCUT2D eigenvalue weighted by atomic mass is 79.9. The molecule has 8 heteroatoms. The van der Waals surface area contributed by atoms with Gasteiger partial charge in [-0.15, -0.1) is 0 Å². The number of benzene rings is 2. The molecule has 0 fully saturated rings. The van der Waals surface area contributed by atoms with Crippen molar-refractivity contribution in [3.05, 3.63) is 56.0 Å². The molecule has 2 rings (SSSR count). The number of carbonyl (C=O) groups is 2. The predicted octanol–water partition coefficient (Wildman–Crippen LogP) is 5.72. The fourth-order valence-corrected chi connectivity index (χ4v) is 4.63. The number of nitrogens with one attached hydrogen (secondary N) is 2. The summed E-state index contributed by atoms with van der Waals surface area (Å²) in [5, 5.41) is 0. The average Bonchev–Trinajstić information content (AvgIpc) is 2.68. The first-order valence-corrected chi connectivity index (χ1v) is 12.2. The highest BCUT2D eigenvalue weighted by Gasteiger charge is 2.23. The van der Waals surface area contributed by atoms with E-state index < -0.39 is 11.8 Å². The molecular formula is C25H32Br2N2O4. The van der Waals surface area contributed by atoms with Gasteiger partial charge in [-0.1, -0.05) is 69.6 Å². The Bertz CT molecular complexity index is 1000. The molecule has 0 saturated carbocycles. The fourth-order valence-electron chi connectivity index (χ4n) is 3.07. The molecule has 2 N–H and O–H groups in total. The van der Waals surface area contributed by atoms with Crippen LogP contribution >= 0.6 is 31.9 Å². The van der Waals surface area contributed by atoms with Crippen molar-refractivity contribution >= 4 is 43.7 Å². The van der Waals surface area contributed by atoms with Gasteiger partial charge in [0, 0.05) is 4.47 Å². The van der Waals surface area contributed by atoms with Crippen molar-refractivity contribution in [2.24, 2.45) is 0 Å². The highest BCUT2D eigenvalue weighted by molar-refractivity contribution is 9.11. The van der Waals surface area contributed by atoms with E-state index in [4.69, 9.17) is 9.47 Å². The van der Waals surface area contributed by atoms with Gasteiger partial charge in [-0.3, -0.25) is 20.4 Å². The Balaban J connectivity index is 1.91. The van der Waals surface area contributed by atoms with Crippen LogP contribution in [0, 0.1) is 6.92 Å². The van der Waals surface area contributed by atoms with E-state index in [2.05, 4.69) is 90.3 Å². The monoisotopic (exact) mass is 582 g/mol. The lowest BCUT2D eigenvalue weighted by molar-refractivity contribution is -0.131. The Morgan fingerprint density at radius 3 is 1.94 bits per heavy atom. The van der Waals surface area contributed by atoms with E-state index in [0.717, 1.165) is 20.1 Å². The van der Waals surface area contributed by atoms with Crippen LogP contribution < -0.4 is 20.3 Å². The molecule has 0 aliphatic heterocycles. The van der Waals surface area contributed by atoms with Crippen LogP contribution in [0.4, 0.5) is 0 Å². The maximum absolute atomic E-state index is 12.2. The largest absolute Gasteiger partial charge is 0.483 e. The number of hydrogen-bond acceptors (Lipinski definition) is 4. The lowest BCUT2D eigenvalue weighted by atomic mass is 9.80. The van der Waals surface area contributed by atoms with Crippen LogP contribution in [0.1, 0.15) is 58.2 Å². The molecule has 33 heavy (non-hydrogen) atoms. The van der Waals surface area contributed by atoms with Crippen LogP contribution in [0.3, 0.4) is 0 Å². The number of ether oxygens (including phenoxy) is 2. The van der Waals surface area contributed by atoms with Gasteiger partial charge in [-0.05, 0) is 68.6 Å². The smallest absolute Gasteiger partial charge is 0.276 e. The van der Waals surface area contributed by atoms with Gasteiger partial charge in [-0.2, -0.15) is 0 Å². The minimum Gasteiger partial charge on any atom is -0.483 e. The van der Waals surface area contributed by atoms with E-state index in [-0.39, 0.29) is 24.0 Å². The lowest BCUT2D eigenvalue weighted by Crippen LogP contribution is -2.45. The first-order valence-electron chi connectivity index (χ1n) is 10.6. The third-order valence-corrected chi connectivity index (χ3v) is 5.94. The molecule has 0 aromatic heterocycles. The Morgan fingerprint density at radius 2 is 1.42 bits per heavy atom. The van der Waals surface area contributed by atoms with Crippen molar-refractivity contribution in [2.45, 2.75) is 59.3 Å². The van der Waals surface area contributed by atoms with E-state index >= 15 is 0 Å². The van der Waals surface area contributed by atoms with Crippen molar-refractivity contribution in [1.82, 2.24) is 10.9 Å². The molecule has 2 aromatic carbocycles. The van der Waals surface area contributed by atoms with E-state index in [1.54, 1.807) is 0 Å². The molecular weight excluding hydrogens is 552 g/mol. The van der Waals surface area contributed by atoms with Gasteiger partial charge >= 0.3 is 0 Å². The van der Waals surface area contributed by atoms with E-state index in [1.165, 1.54) is 5.56 Å².